The SMILES string of the molecule is CC(=O)N1CCO[C@H](C(F)(F)F)C1. The van der Waals surface area contributed by atoms with Gasteiger partial charge in [0.05, 0.1) is 13.2 Å². The summed E-state index contributed by atoms with van der Waals surface area (Å²) < 4.78 is 40.8. The maximum absolute atomic E-state index is 12.1. The van der Waals surface area contributed by atoms with Crippen LogP contribution in [0.3, 0.4) is 0 Å². The molecule has 0 aliphatic carbocycles. The van der Waals surface area contributed by atoms with Gasteiger partial charge in [-0.25, -0.2) is 0 Å². The number of nitrogens with zero attached hydrogens (tertiary/aromatic N) is 1. The summed E-state index contributed by atoms with van der Waals surface area (Å²) in [7, 11) is 0. The number of alkyl halides is 3. The third kappa shape index (κ3) is 2.58. The Morgan fingerprint density at radius 1 is 1.54 bits per heavy atom. The lowest BCUT2D eigenvalue weighted by atomic mass is 10.2. The highest BCUT2D eigenvalue weighted by atomic mass is 19.4. The van der Waals surface area contributed by atoms with Crippen LogP contribution in [0.5, 0.6) is 0 Å². The number of rotatable bonds is 0. The fourth-order valence-corrected chi connectivity index (χ4v) is 1.13. The zero-order valence-electron chi connectivity index (χ0n) is 7.10. The van der Waals surface area contributed by atoms with E-state index in [1.165, 1.54) is 6.92 Å². The van der Waals surface area contributed by atoms with Gasteiger partial charge < -0.3 is 9.64 Å². The van der Waals surface area contributed by atoms with Crippen LogP contribution in [0.4, 0.5) is 13.2 Å². The number of morpholine rings is 1. The third-order valence-electron chi connectivity index (χ3n) is 1.88. The van der Waals surface area contributed by atoms with Gasteiger partial charge in [0, 0.05) is 13.5 Å². The van der Waals surface area contributed by atoms with Crippen molar-refractivity contribution in [1.29, 1.82) is 0 Å². The minimum Gasteiger partial charge on any atom is -0.365 e. The van der Waals surface area contributed by atoms with E-state index >= 15 is 0 Å². The van der Waals surface area contributed by atoms with Gasteiger partial charge in [0.2, 0.25) is 5.91 Å². The van der Waals surface area contributed by atoms with Gasteiger partial charge in [-0.1, -0.05) is 0 Å². The van der Waals surface area contributed by atoms with Crippen molar-refractivity contribution >= 4 is 5.91 Å². The van der Waals surface area contributed by atoms with Crippen molar-refractivity contribution in [3.63, 3.8) is 0 Å². The van der Waals surface area contributed by atoms with Crippen LogP contribution in [0.2, 0.25) is 0 Å². The Bertz CT molecular complexity index is 204. The van der Waals surface area contributed by atoms with Gasteiger partial charge in [-0.15, -0.1) is 0 Å². The number of hydrogen-bond donors (Lipinski definition) is 0. The molecule has 1 fully saturated rings. The summed E-state index contributed by atoms with van der Waals surface area (Å²) in [5, 5.41) is 0. The molecule has 0 radical (unpaired) electrons. The van der Waals surface area contributed by atoms with Crippen LogP contribution in [0.1, 0.15) is 6.92 Å². The quantitative estimate of drug-likeness (QED) is 0.574. The van der Waals surface area contributed by atoms with E-state index in [0.717, 1.165) is 4.90 Å². The van der Waals surface area contributed by atoms with Crippen molar-refractivity contribution in [2.24, 2.45) is 0 Å². The van der Waals surface area contributed by atoms with Crippen molar-refractivity contribution in [1.82, 2.24) is 4.90 Å². The lowest BCUT2D eigenvalue weighted by Gasteiger charge is -2.33. The number of ether oxygens (including phenoxy) is 1. The molecule has 0 saturated carbocycles. The monoisotopic (exact) mass is 197 g/mol. The highest BCUT2D eigenvalue weighted by Crippen LogP contribution is 2.25. The lowest BCUT2D eigenvalue weighted by Crippen LogP contribution is -2.50. The number of amides is 1. The van der Waals surface area contributed by atoms with Gasteiger partial charge in [-0.05, 0) is 0 Å². The second-order valence-electron chi connectivity index (χ2n) is 2.87. The molecule has 1 aliphatic heterocycles. The zero-order valence-corrected chi connectivity index (χ0v) is 7.10. The van der Waals surface area contributed by atoms with E-state index in [1.807, 2.05) is 0 Å². The molecule has 6 heteroatoms. The molecule has 1 aliphatic rings. The van der Waals surface area contributed by atoms with Crippen LogP contribution in [0, 0.1) is 0 Å². The molecule has 0 spiro atoms. The summed E-state index contributed by atoms with van der Waals surface area (Å²) in [4.78, 5) is 11.9. The predicted octanol–water partition coefficient (Wildman–Crippen LogP) is 0.796. The molecule has 1 amide bonds. The van der Waals surface area contributed by atoms with Crippen LogP contribution in [0.25, 0.3) is 0 Å². The Morgan fingerprint density at radius 2 is 2.15 bits per heavy atom. The Labute approximate surface area is 73.5 Å². The Kier molecular flexibility index (Phi) is 2.80. The van der Waals surface area contributed by atoms with E-state index in [2.05, 4.69) is 4.74 Å². The topological polar surface area (TPSA) is 29.5 Å². The van der Waals surface area contributed by atoms with Crippen molar-refractivity contribution in [2.45, 2.75) is 19.2 Å². The first-order valence-corrected chi connectivity index (χ1v) is 3.85. The van der Waals surface area contributed by atoms with E-state index in [-0.39, 0.29) is 19.1 Å². The number of hydrogen-bond acceptors (Lipinski definition) is 2. The number of carbonyl (C=O) groups excluding carboxylic acids is 1. The third-order valence-corrected chi connectivity index (χ3v) is 1.88. The Balaban J connectivity index is 2.57. The first kappa shape index (κ1) is 10.3. The maximum Gasteiger partial charge on any atom is 0.416 e. The molecule has 0 aromatic carbocycles. The summed E-state index contributed by atoms with van der Waals surface area (Å²) >= 11 is 0. The average molecular weight is 197 g/mol. The van der Waals surface area contributed by atoms with Crippen molar-refractivity contribution in [3.8, 4) is 0 Å². The van der Waals surface area contributed by atoms with Gasteiger partial charge >= 0.3 is 6.18 Å². The summed E-state index contributed by atoms with van der Waals surface area (Å²) in [6.07, 6.45) is -6.21. The molecular weight excluding hydrogens is 187 g/mol. The van der Waals surface area contributed by atoms with Crippen LogP contribution in [-0.4, -0.2) is 42.8 Å². The van der Waals surface area contributed by atoms with Crippen molar-refractivity contribution in [2.75, 3.05) is 19.7 Å². The second kappa shape index (κ2) is 3.53. The molecule has 0 bridgehead atoms. The standard InChI is InChI=1S/C7H10F3NO2/c1-5(12)11-2-3-13-6(4-11)7(8,9)10/h6H,2-4H2,1H3/t6-/m0/s1. The summed E-state index contributed by atoms with van der Waals surface area (Å²) in [6.45, 7) is 1.04. The van der Waals surface area contributed by atoms with Crippen molar-refractivity contribution < 1.29 is 22.7 Å². The lowest BCUT2D eigenvalue weighted by molar-refractivity contribution is -0.236. The summed E-state index contributed by atoms with van der Waals surface area (Å²) in [5.41, 5.74) is 0. The van der Waals surface area contributed by atoms with Gasteiger partial charge in [-0.2, -0.15) is 13.2 Å². The number of halogens is 3. The first-order chi connectivity index (χ1) is 5.91. The normalized spacial score (nSPS) is 24.6. The molecule has 0 aromatic rings. The van der Waals surface area contributed by atoms with Gasteiger partial charge in [-0.3, -0.25) is 4.79 Å². The van der Waals surface area contributed by atoms with Gasteiger partial charge in [0.25, 0.3) is 0 Å². The zero-order chi connectivity index (χ0) is 10.1. The Hall–Kier alpha value is -0.780. The van der Waals surface area contributed by atoms with Crippen molar-refractivity contribution in [3.05, 3.63) is 0 Å². The van der Waals surface area contributed by atoms with Crippen LogP contribution in [0.15, 0.2) is 0 Å². The Morgan fingerprint density at radius 3 is 2.62 bits per heavy atom. The predicted molar refractivity (Wildman–Crippen MR) is 38.0 cm³/mol. The summed E-state index contributed by atoms with van der Waals surface area (Å²) in [5.74, 6) is -0.349. The molecule has 1 rings (SSSR count). The molecule has 0 aromatic heterocycles. The second-order valence-corrected chi connectivity index (χ2v) is 2.87. The number of carbonyl (C=O) groups is 1. The van der Waals surface area contributed by atoms with Gasteiger partial charge in [0.15, 0.2) is 6.10 Å². The molecule has 1 atom stereocenters. The minimum atomic E-state index is -4.38. The molecule has 0 N–H and O–H groups in total. The maximum atomic E-state index is 12.1. The minimum absolute atomic E-state index is 0.0518. The molecular formula is C7H10F3NO2. The van der Waals surface area contributed by atoms with E-state index < -0.39 is 18.8 Å². The molecule has 1 saturated heterocycles. The molecule has 76 valence electrons. The smallest absolute Gasteiger partial charge is 0.365 e. The fraction of sp³-hybridized carbons (Fsp3) is 0.857. The molecule has 13 heavy (non-hydrogen) atoms. The van der Waals surface area contributed by atoms with E-state index in [9.17, 15) is 18.0 Å². The highest BCUT2D eigenvalue weighted by Gasteiger charge is 2.43. The van der Waals surface area contributed by atoms with Crippen LogP contribution in [-0.2, 0) is 9.53 Å². The van der Waals surface area contributed by atoms with E-state index in [1.54, 1.807) is 0 Å². The molecule has 1 heterocycles. The largest absolute Gasteiger partial charge is 0.416 e. The van der Waals surface area contributed by atoms with Crippen LogP contribution < -0.4 is 0 Å². The molecule has 0 unspecified atom stereocenters. The summed E-state index contributed by atoms with van der Waals surface area (Å²) in [6, 6.07) is 0. The van der Waals surface area contributed by atoms with E-state index in [4.69, 9.17) is 0 Å². The average Bonchev–Trinajstić information content (AvgIpc) is 2.03. The van der Waals surface area contributed by atoms with Gasteiger partial charge in [0.1, 0.15) is 0 Å². The fourth-order valence-electron chi connectivity index (χ4n) is 1.13. The molecule has 3 nitrogen and oxygen atoms in total. The van der Waals surface area contributed by atoms with E-state index in [0.29, 0.717) is 0 Å². The highest BCUT2D eigenvalue weighted by molar-refractivity contribution is 5.73. The van der Waals surface area contributed by atoms with Crippen LogP contribution >= 0.6 is 0 Å². The first-order valence-electron chi connectivity index (χ1n) is 3.85.